The molecular formula is C39H53F2N5O7. The number of piperazine rings is 1. The van der Waals surface area contributed by atoms with Gasteiger partial charge in [0.1, 0.15) is 18.3 Å². The van der Waals surface area contributed by atoms with Gasteiger partial charge in [0.15, 0.2) is 11.6 Å². The summed E-state index contributed by atoms with van der Waals surface area (Å²) < 4.78 is 53.6. The summed E-state index contributed by atoms with van der Waals surface area (Å²) in [4.78, 5) is 43.7. The van der Waals surface area contributed by atoms with Crippen molar-refractivity contribution in [1.29, 1.82) is 0 Å². The third kappa shape index (κ3) is 10.5. The molecule has 1 aromatic heterocycles. The number of hydrogen-bond acceptors (Lipinski definition) is 8. The fourth-order valence-electron chi connectivity index (χ4n) is 6.88. The molecule has 1 saturated heterocycles. The molecule has 0 bridgehead atoms. The summed E-state index contributed by atoms with van der Waals surface area (Å²) in [6.07, 6.45) is 4.93. The summed E-state index contributed by atoms with van der Waals surface area (Å²) in [5.41, 5.74) is 1.64. The van der Waals surface area contributed by atoms with Crippen LogP contribution in [0.15, 0.2) is 42.5 Å². The predicted molar refractivity (Wildman–Crippen MR) is 196 cm³/mol. The lowest BCUT2D eigenvalue weighted by atomic mass is 9.83. The zero-order valence-electron chi connectivity index (χ0n) is 31.0. The lowest BCUT2D eigenvalue weighted by molar-refractivity contribution is -0.140. The molecule has 290 valence electrons. The number of ether oxygens (including phenoxy) is 4. The Hall–Kier alpha value is -4.11. The number of nitrogens with one attached hydrogen (secondary N) is 2. The Morgan fingerprint density at radius 1 is 0.849 bits per heavy atom. The van der Waals surface area contributed by atoms with Crippen LogP contribution < -0.4 is 15.4 Å². The molecule has 2 heterocycles. The lowest BCUT2D eigenvalue weighted by Crippen LogP contribution is -2.59. The van der Waals surface area contributed by atoms with E-state index < -0.39 is 23.7 Å². The number of nitrogens with zero attached hydrogens (tertiary/aromatic N) is 3. The van der Waals surface area contributed by atoms with E-state index in [1.54, 1.807) is 30.8 Å². The molecule has 5 rings (SSSR count). The molecule has 3 amide bonds. The standard InChI is InChI=1S/C39H53F2N5O7/c1-27(42-2)37(47)43-35(29-12-8-5-9-13-29)39(49)46-16-14-45(15-17-46)38(48)33-24-30-32(44(33)3)25-31(40)34(41)36(30)53-23-22-51-19-18-50-20-21-52-26-28-10-6-4-7-11-28/h4,6-7,10-11,24-25,27,29,35,42H,5,8-9,12-23,26H2,1-3H3,(H,43,47)/t27-,35-/m0/s1. The van der Waals surface area contributed by atoms with Crippen LogP contribution in [0.4, 0.5) is 8.78 Å². The van der Waals surface area contributed by atoms with Crippen LogP contribution in [-0.4, -0.2) is 117 Å². The van der Waals surface area contributed by atoms with Gasteiger partial charge in [0, 0.05) is 44.7 Å². The molecule has 14 heteroatoms. The van der Waals surface area contributed by atoms with Gasteiger partial charge in [0.2, 0.25) is 17.6 Å². The molecule has 2 N–H and O–H groups in total. The molecule has 1 aliphatic heterocycles. The van der Waals surface area contributed by atoms with Crippen LogP contribution in [0.5, 0.6) is 5.75 Å². The fourth-order valence-corrected chi connectivity index (χ4v) is 6.88. The first kappa shape index (κ1) is 40.1. The molecule has 1 aliphatic carbocycles. The maximum atomic E-state index is 15.0. The van der Waals surface area contributed by atoms with Crippen LogP contribution in [0.25, 0.3) is 10.9 Å². The third-order valence-electron chi connectivity index (χ3n) is 10.1. The van der Waals surface area contributed by atoms with Crippen molar-refractivity contribution < 1.29 is 42.1 Å². The maximum Gasteiger partial charge on any atom is 0.270 e. The summed E-state index contributed by atoms with van der Waals surface area (Å²) in [5, 5.41) is 6.20. The molecule has 3 aromatic rings. The van der Waals surface area contributed by atoms with E-state index in [-0.39, 0.29) is 73.4 Å². The van der Waals surface area contributed by atoms with E-state index in [2.05, 4.69) is 10.6 Å². The second-order valence-electron chi connectivity index (χ2n) is 13.6. The molecule has 0 spiro atoms. The molecule has 1 saturated carbocycles. The number of carbonyl (C=O) groups excluding carboxylic acids is 3. The number of halogens is 2. The van der Waals surface area contributed by atoms with Crippen molar-refractivity contribution in [1.82, 2.24) is 25.0 Å². The van der Waals surface area contributed by atoms with Gasteiger partial charge in [-0.3, -0.25) is 14.4 Å². The average Bonchev–Trinajstić information content (AvgIpc) is 3.51. The topological polar surface area (TPSA) is 124 Å². The Kier molecular flexibility index (Phi) is 15.0. The molecule has 0 radical (unpaired) electrons. The van der Waals surface area contributed by atoms with Gasteiger partial charge in [0.25, 0.3) is 5.91 Å². The second kappa shape index (κ2) is 19.8. The number of hydrogen-bond donors (Lipinski definition) is 2. The summed E-state index contributed by atoms with van der Waals surface area (Å²) in [7, 11) is 3.33. The van der Waals surface area contributed by atoms with Crippen LogP contribution in [-0.2, 0) is 37.5 Å². The average molecular weight is 742 g/mol. The summed E-state index contributed by atoms with van der Waals surface area (Å²) in [6, 6.07) is 11.4. The van der Waals surface area contributed by atoms with Crippen molar-refractivity contribution in [3.63, 3.8) is 0 Å². The first-order valence-corrected chi connectivity index (χ1v) is 18.6. The van der Waals surface area contributed by atoms with Gasteiger partial charge in [-0.05, 0) is 44.4 Å². The van der Waals surface area contributed by atoms with Crippen LogP contribution in [0.3, 0.4) is 0 Å². The van der Waals surface area contributed by atoms with E-state index in [0.29, 0.717) is 45.0 Å². The lowest BCUT2D eigenvalue weighted by Gasteiger charge is -2.39. The van der Waals surface area contributed by atoms with Crippen LogP contribution >= 0.6 is 0 Å². The van der Waals surface area contributed by atoms with Crippen molar-refractivity contribution in [2.75, 3.05) is 72.9 Å². The predicted octanol–water partition coefficient (Wildman–Crippen LogP) is 4.04. The molecule has 0 unspecified atom stereocenters. The zero-order chi connectivity index (χ0) is 37.7. The van der Waals surface area contributed by atoms with Crippen molar-refractivity contribution >= 4 is 28.6 Å². The zero-order valence-corrected chi connectivity index (χ0v) is 31.0. The van der Waals surface area contributed by atoms with Gasteiger partial charge in [-0.2, -0.15) is 4.39 Å². The highest BCUT2D eigenvalue weighted by Crippen LogP contribution is 2.34. The van der Waals surface area contributed by atoms with Crippen molar-refractivity contribution in [2.45, 2.75) is 57.7 Å². The Bertz CT molecular complexity index is 1660. The van der Waals surface area contributed by atoms with Crippen molar-refractivity contribution in [2.24, 2.45) is 13.0 Å². The summed E-state index contributed by atoms with van der Waals surface area (Å²) in [5.74, 6) is -3.12. The van der Waals surface area contributed by atoms with E-state index in [4.69, 9.17) is 18.9 Å². The van der Waals surface area contributed by atoms with Crippen LogP contribution in [0.1, 0.15) is 55.1 Å². The molecule has 2 fully saturated rings. The van der Waals surface area contributed by atoms with Gasteiger partial charge in [0.05, 0.1) is 51.2 Å². The number of aromatic nitrogens is 1. The Morgan fingerprint density at radius 2 is 1.47 bits per heavy atom. The minimum Gasteiger partial charge on any atom is -0.487 e. The van der Waals surface area contributed by atoms with Gasteiger partial charge in [-0.15, -0.1) is 0 Å². The number of carbonyl (C=O) groups is 3. The smallest absolute Gasteiger partial charge is 0.270 e. The molecular weight excluding hydrogens is 688 g/mol. The minimum atomic E-state index is -1.14. The summed E-state index contributed by atoms with van der Waals surface area (Å²) >= 11 is 0. The first-order valence-electron chi connectivity index (χ1n) is 18.6. The quantitative estimate of drug-likeness (QED) is 0.188. The Labute approximate surface area is 310 Å². The van der Waals surface area contributed by atoms with E-state index in [1.807, 2.05) is 30.3 Å². The highest BCUT2D eigenvalue weighted by molar-refractivity contribution is 6.00. The number of benzene rings is 2. The number of fused-ring (bicyclic) bond motifs is 1. The number of amides is 3. The molecule has 2 aliphatic rings. The molecule has 2 aromatic carbocycles. The highest BCUT2D eigenvalue weighted by atomic mass is 19.2. The Balaban J connectivity index is 1.11. The molecule has 2 atom stereocenters. The Morgan fingerprint density at radius 3 is 2.13 bits per heavy atom. The monoisotopic (exact) mass is 741 g/mol. The van der Waals surface area contributed by atoms with Crippen molar-refractivity contribution in [3.05, 3.63) is 65.4 Å². The summed E-state index contributed by atoms with van der Waals surface area (Å²) in [6.45, 7) is 5.00. The number of likely N-dealkylation sites (N-methyl/N-ethyl adjacent to an activating group) is 1. The third-order valence-corrected chi connectivity index (χ3v) is 10.1. The van der Waals surface area contributed by atoms with Gasteiger partial charge >= 0.3 is 0 Å². The fraction of sp³-hybridized carbons (Fsp3) is 0.564. The van der Waals surface area contributed by atoms with Crippen LogP contribution in [0.2, 0.25) is 0 Å². The van der Waals surface area contributed by atoms with E-state index in [9.17, 15) is 18.8 Å². The minimum absolute atomic E-state index is 0.0417. The highest BCUT2D eigenvalue weighted by Gasteiger charge is 2.36. The van der Waals surface area contributed by atoms with Crippen molar-refractivity contribution in [3.8, 4) is 5.75 Å². The normalized spacial score (nSPS) is 16.5. The van der Waals surface area contributed by atoms with E-state index in [1.165, 1.54) is 10.6 Å². The SMILES string of the molecule is CN[C@@H](C)C(=O)N[C@H](C(=O)N1CCN(C(=O)c2cc3c(OCCOCCOCCOCc4ccccc4)c(F)c(F)cc3n2C)CC1)C1CCCCC1. The number of aryl methyl sites for hydroxylation is 1. The molecule has 53 heavy (non-hydrogen) atoms. The largest absolute Gasteiger partial charge is 0.487 e. The number of rotatable bonds is 18. The maximum absolute atomic E-state index is 15.0. The molecule has 12 nitrogen and oxygen atoms in total. The van der Waals surface area contributed by atoms with E-state index in [0.717, 1.165) is 43.7 Å². The van der Waals surface area contributed by atoms with Gasteiger partial charge in [-0.1, -0.05) is 49.6 Å². The van der Waals surface area contributed by atoms with Crippen LogP contribution in [0, 0.1) is 17.6 Å². The first-order chi connectivity index (χ1) is 25.7. The van der Waals surface area contributed by atoms with Gasteiger partial charge in [-0.25, -0.2) is 4.39 Å². The van der Waals surface area contributed by atoms with E-state index >= 15 is 4.39 Å². The van der Waals surface area contributed by atoms with Gasteiger partial charge < -0.3 is 43.9 Å². The second-order valence-corrected chi connectivity index (χ2v) is 13.6.